The molecule has 0 radical (unpaired) electrons. The maximum Gasteiger partial charge on any atom is 0.296 e. The highest BCUT2D eigenvalue weighted by atomic mass is 35.5. The lowest BCUT2D eigenvalue weighted by atomic mass is 10.0. The van der Waals surface area contributed by atoms with E-state index >= 15 is 0 Å². The number of amides is 1. The summed E-state index contributed by atoms with van der Waals surface area (Å²) in [5, 5.41) is 1.00. The van der Waals surface area contributed by atoms with Crippen LogP contribution in [0, 0.1) is 0 Å². The topological polar surface area (TPSA) is 37.4 Å². The Morgan fingerprint density at radius 2 is 1.41 bits per heavy atom. The smallest absolute Gasteiger partial charge is 0.296 e. The molecular formula is C22H14Cl3NO2S. The third-order valence-electron chi connectivity index (χ3n) is 4.61. The van der Waals surface area contributed by atoms with Gasteiger partial charge in [-0.25, -0.2) is 0 Å². The van der Waals surface area contributed by atoms with E-state index in [0.29, 0.717) is 20.8 Å². The van der Waals surface area contributed by atoms with Crippen LogP contribution in [0.4, 0.5) is 5.69 Å². The lowest BCUT2D eigenvalue weighted by molar-refractivity contribution is -0.133. The highest BCUT2D eigenvalue weighted by Gasteiger charge is 2.49. The molecule has 2 unspecified atom stereocenters. The second-order valence-electron chi connectivity index (χ2n) is 6.51. The first-order valence-corrected chi connectivity index (χ1v) is 10.8. The Labute approximate surface area is 187 Å². The van der Waals surface area contributed by atoms with Crippen molar-refractivity contribution in [3.8, 4) is 0 Å². The van der Waals surface area contributed by atoms with Crippen LogP contribution in [-0.2, 0) is 9.59 Å². The van der Waals surface area contributed by atoms with E-state index in [0.717, 1.165) is 10.5 Å². The number of halogens is 3. The molecule has 3 aromatic rings. The molecule has 2 atom stereocenters. The zero-order valence-corrected chi connectivity index (χ0v) is 18.0. The summed E-state index contributed by atoms with van der Waals surface area (Å²) in [6, 6.07) is 20.8. The lowest BCUT2D eigenvalue weighted by Gasteiger charge is -2.27. The molecule has 3 nitrogen and oxygen atoms in total. The Bertz CT molecular complexity index is 1090. The molecule has 1 heterocycles. The molecule has 3 aromatic carbocycles. The molecule has 29 heavy (non-hydrogen) atoms. The number of nitrogens with zero attached hydrogens (tertiary/aromatic N) is 1. The van der Waals surface area contributed by atoms with E-state index in [4.69, 9.17) is 34.8 Å². The SMILES string of the molecule is O=C1C(=O)N(c2cccc(Cl)c2)C(c2ccc(Cl)cc2)C1Sc1cccc(Cl)c1. The van der Waals surface area contributed by atoms with E-state index in [1.54, 1.807) is 48.5 Å². The van der Waals surface area contributed by atoms with Gasteiger partial charge in [-0.15, -0.1) is 11.8 Å². The first kappa shape index (κ1) is 20.3. The summed E-state index contributed by atoms with van der Waals surface area (Å²) >= 11 is 19.6. The van der Waals surface area contributed by atoms with E-state index < -0.39 is 23.0 Å². The van der Waals surface area contributed by atoms with Crippen molar-refractivity contribution in [2.75, 3.05) is 4.90 Å². The van der Waals surface area contributed by atoms with Crippen molar-refractivity contribution >= 4 is 63.9 Å². The van der Waals surface area contributed by atoms with Gasteiger partial charge in [0.05, 0.1) is 6.04 Å². The number of hydrogen-bond donors (Lipinski definition) is 0. The maximum atomic E-state index is 13.0. The summed E-state index contributed by atoms with van der Waals surface area (Å²) in [5.74, 6) is -1.03. The summed E-state index contributed by atoms with van der Waals surface area (Å²) < 4.78 is 0. The first-order valence-electron chi connectivity index (χ1n) is 8.75. The monoisotopic (exact) mass is 461 g/mol. The fraction of sp³-hybridized carbons (Fsp3) is 0.0909. The molecule has 146 valence electrons. The molecule has 0 spiro atoms. The van der Waals surface area contributed by atoms with Gasteiger partial charge in [-0.3, -0.25) is 14.5 Å². The summed E-state index contributed by atoms with van der Waals surface area (Å²) in [5.41, 5.74) is 1.39. The number of ketones is 1. The van der Waals surface area contributed by atoms with E-state index in [1.165, 1.54) is 16.7 Å². The van der Waals surface area contributed by atoms with Gasteiger partial charge in [0, 0.05) is 25.7 Å². The molecule has 0 saturated carbocycles. The Kier molecular flexibility index (Phi) is 5.88. The van der Waals surface area contributed by atoms with E-state index in [2.05, 4.69) is 0 Å². The number of anilines is 1. The van der Waals surface area contributed by atoms with Crippen LogP contribution in [0.5, 0.6) is 0 Å². The van der Waals surface area contributed by atoms with Gasteiger partial charge < -0.3 is 0 Å². The molecule has 7 heteroatoms. The summed E-state index contributed by atoms with van der Waals surface area (Å²) in [4.78, 5) is 28.3. The third kappa shape index (κ3) is 4.17. The highest BCUT2D eigenvalue weighted by Crippen LogP contribution is 2.44. The van der Waals surface area contributed by atoms with Crippen molar-refractivity contribution in [1.29, 1.82) is 0 Å². The molecule has 1 fully saturated rings. The van der Waals surface area contributed by atoms with Crippen molar-refractivity contribution in [2.45, 2.75) is 16.2 Å². The predicted molar refractivity (Wildman–Crippen MR) is 119 cm³/mol. The average Bonchev–Trinajstić information content (AvgIpc) is 2.94. The second-order valence-corrected chi connectivity index (χ2v) is 9.04. The number of benzene rings is 3. The van der Waals surface area contributed by atoms with Crippen LogP contribution >= 0.6 is 46.6 Å². The van der Waals surface area contributed by atoms with Crippen LogP contribution in [0.25, 0.3) is 0 Å². The van der Waals surface area contributed by atoms with Gasteiger partial charge in [0.25, 0.3) is 5.91 Å². The molecule has 0 aromatic heterocycles. The normalized spacial score (nSPS) is 19.1. The van der Waals surface area contributed by atoms with E-state index in [1.807, 2.05) is 24.3 Å². The number of rotatable bonds is 4. The van der Waals surface area contributed by atoms with E-state index in [-0.39, 0.29) is 0 Å². The highest BCUT2D eigenvalue weighted by molar-refractivity contribution is 8.00. The molecular weight excluding hydrogens is 449 g/mol. The van der Waals surface area contributed by atoms with E-state index in [9.17, 15) is 9.59 Å². The van der Waals surface area contributed by atoms with Crippen molar-refractivity contribution < 1.29 is 9.59 Å². The fourth-order valence-corrected chi connectivity index (χ4v) is 5.16. The van der Waals surface area contributed by atoms with Crippen LogP contribution in [0.15, 0.2) is 77.7 Å². The number of Topliss-reactive ketones (excluding diaryl/α,β-unsaturated/α-hetero) is 1. The van der Waals surface area contributed by atoms with Crippen LogP contribution in [0.3, 0.4) is 0 Å². The number of carbonyl (C=O) groups excluding carboxylic acids is 2. The Morgan fingerprint density at radius 3 is 2.07 bits per heavy atom. The standard InChI is InChI=1S/C22H14Cl3NO2S/c23-14-9-7-13(8-10-14)19-21(29-18-6-2-4-16(25)12-18)20(27)22(28)26(19)17-5-1-3-15(24)11-17/h1-12,19,21H. The average molecular weight is 463 g/mol. The first-order chi connectivity index (χ1) is 13.9. The zero-order valence-electron chi connectivity index (χ0n) is 14.9. The summed E-state index contributed by atoms with van der Waals surface area (Å²) in [6.45, 7) is 0. The Hall–Kier alpha value is -1.98. The Morgan fingerprint density at radius 1 is 0.759 bits per heavy atom. The molecule has 1 aliphatic heterocycles. The van der Waals surface area contributed by atoms with Gasteiger partial charge in [-0.2, -0.15) is 0 Å². The predicted octanol–water partition coefficient (Wildman–Crippen LogP) is 6.46. The molecule has 4 rings (SSSR count). The van der Waals surface area contributed by atoms with Gasteiger partial charge in [-0.1, -0.05) is 59.1 Å². The molecule has 0 aliphatic carbocycles. The molecule has 0 N–H and O–H groups in total. The quantitative estimate of drug-likeness (QED) is 0.417. The minimum atomic E-state index is -0.638. The summed E-state index contributed by atoms with van der Waals surface area (Å²) in [7, 11) is 0. The number of carbonyl (C=O) groups is 2. The van der Waals surface area contributed by atoms with Crippen LogP contribution in [-0.4, -0.2) is 16.9 Å². The van der Waals surface area contributed by atoms with Gasteiger partial charge in [0.15, 0.2) is 0 Å². The maximum absolute atomic E-state index is 13.0. The Balaban J connectivity index is 1.81. The van der Waals surface area contributed by atoms with Gasteiger partial charge in [-0.05, 0) is 54.1 Å². The van der Waals surface area contributed by atoms with Crippen molar-refractivity contribution in [2.24, 2.45) is 0 Å². The minimum Gasteiger partial charge on any atom is -0.297 e. The molecule has 1 aliphatic rings. The van der Waals surface area contributed by atoms with Crippen LogP contribution in [0.2, 0.25) is 15.1 Å². The van der Waals surface area contributed by atoms with Gasteiger partial charge >= 0.3 is 0 Å². The molecule has 1 amide bonds. The van der Waals surface area contributed by atoms with Gasteiger partial charge in [0.1, 0.15) is 5.25 Å². The van der Waals surface area contributed by atoms with Crippen molar-refractivity contribution in [3.63, 3.8) is 0 Å². The fourth-order valence-electron chi connectivity index (χ4n) is 3.34. The van der Waals surface area contributed by atoms with Crippen LogP contribution < -0.4 is 4.90 Å². The molecule has 1 saturated heterocycles. The molecule has 0 bridgehead atoms. The second kappa shape index (κ2) is 8.41. The largest absolute Gasteiger partial charge is 0.297 e. The summed E-state index contributed by atoms with van der Waals surface area (Å²) in [6.07, 6.45) is 0. The number of hydrogen-bond acceptors (Lipinski definition) is 3. The lowest BCUT2D eigenvalue weighted by Crippen LogP contribution is -2.29. The van der Waals surface area contributed by atoms with Crippen molar-refractivity contribution in [3.05, 3.63) is 93.4 Å². The van der Waals surface area contributed by atoms with Crippen molar-refractivity contribution in [1.82, 2.24) is 0 Å². The number of thioether (sulfide) groups is 1. The van der Waals surface area contributed by atoms with Gasteiger partial charge in [0.2, 0.25) is 5.78 Å². The zero-order chi connectivity index (χ0) is 20.5. The third-order valence-corrected chi connectivity index (χ3v) is 6.58. The minimum absolute atomic E-state index is 0.463. The van der Waals surface area contributed by atoms with Crippen LogP contribution in [0.1, 0.15) is 11.6 Å².